The molecule has 2 N–H and O–H groups in total. The van der Waals surface area contributed by atoms with E-state index in [1.54, 1.807) is 0 Å². The Bertz CT molecular complexity index is 711. The van der Waals surface area contributed by atoms with Crippen LogP contribution in [0.3, 0.4) is 0 Å². The van der Waals surface area contributed by atoms with E-state index >= 15 is 0 Å². The number of imide groups is 1. The van der Waals surface area contributed by atoms with E-state index in [9.17, 15) is 24.6 Å². The average Bonchev–Trinajstić information content (AvgIpc) is 3.03. The van der Waals surface area contributed by atoms with Gasteiger partial charge < -0.3 is 10.2 Å². The van der Waals surface area contributed by atoms with Crippen molar-refractivity contribution < 1.29 is 24.6 Å². The van der Waals surface area contributed by atoms with Gasteiger partial charge in [0.25, 0.3) is 0 Å². The summed E-state index contributed by atoms with van der Waals surface area (Å²) < 4.78 is 0. The molecule has 262 valence electrons. The Labute approximate surface area is 277 Å². The summed E-state index contributed by atoms with van der Waals surface area (Å²) >= 11 is 0. The van der Waals surface area contributed by atoms with Crippen LogP contribution in [0.15, 0.2) is 24.3 Å². The van der Waals surface area contributed by atoms with Gasteiger partial charge >= 0.3 is 5.97 Å². The van der Waals surface area contributed by atoms with Crippen LogP contribution < -0.4 is 0 Å². The van der Waals surface area contributed by atoms with Crippen LogP contribution >= 0.6 is 0 Å². The summed E-state index contributed by atoms with van der Waals surface area (Å²) in [7, 11) is 0. The zero-order valence-electron chi connectivity index (χ0n) is 29.5. The number of amides is 2. The molecule has 6 nitrogen and oxygen atoms in total. The number of aliphatic hydroxyl groups is 1. The van der Waals surface area contributed by atoms with E-state index in [2.05, 4.69) is 38.2 Å². The van der Waals surface area contributed by atoms with Crippen LogP contribution in [-0.2, 0) is 14.4 Å². The first kappa shape index (κ1) is 43.0. The molecule has 1 unspecified atom stereocenters. The van der Waals surface area contributed by atoms with Crippen molar-refractivity contribution in [1.29, 1.82) is 0 Å². The smallest absolute Gasteiger partial charge is 0.329 e. The van der Waals surface area contributed by atoms with Gasteiger partial charge in [0.2, 0.25) is 11.8 Å². The zero-order chi connectivity index (χ0) is 33.2. The quantitative estimate of drug-likeness (QED) is 0.0554. The number of aliphatic hydroxyl groups excluding tert-OH is 1. The second-order valence-corrected chi connectivity index (χ2v) is 12.9. The molecule has 0 aromatic heterocycles. The first-order chi connectivity index (χ1) is 22.0. The van der Waals surface area contributed by atoms with Gasteiger partial charge in [0.1, 0.15) is 0 Å². The van der Waals surface area contributed by atoms with Crippen molar-refractivity contribution in [2.75, 3.05) is 6.61 Å². The average molecular weight is 634 g/mol. The molecule has 0 radical (unpaired) electrons. The van der Waals surface area contributed by atoms with Crippen molar-refractivity contribution >= 4 is 17.8 Å². The van der Waals surface area contributed by atoms with Gasteiger partial charge in [-0.15, -0.1) is 0 Å². The highest BCUT2D eigenvalue weighted by Crippen LogP contribution is 2.15. The van der Waals surface area contributed by atoms with E-state index in [1.807, 2.05) is 0 Å². The summed E-state index contributed by atoms with van der Waals surface area (Å²) in [6.45, 7) is 3.73. The maximum Gasteiger partial charge on any atom is 0.329 e. The highest BCUT2D eigenvalue weighted by Gasteiger charge is 2.33. The monoisotopic (exact) mass is 634 g/mol. The third-order valence-corrected chi connectivity index (χ3v) is 8.61. The van der Waals surface area contributed by atoms with Gasteiger partial charge in [-0.1, -0.05) is 141 Å². The Morgan fingerprint density at radius 2 is 0.778 bits per heavy atom. The van der Waals surface area contributed by atoms with Gasteiger partial charge in [-0.3, -0.25) is 14.5 Å². The SMILES string of the molecule is CCCCCCCC/C=C\CCCCCCCC(=O)N(C(=O)CCCCCCC/C=C\CCCCCCCC)C(CO)C(=O)O. The zero-order valence-corrected chi connectivity index (χ0v) is 29.5. The summed E-state index contributed by atoms with van der Waals surface area (Å²) in [5, 5.41) is 19.2. The number of carbonyl (C=O) groups excluding carboxylic acids is 2. The van der Waals surface area contributed by atoms with E-state index in [0.29, 0.717) is 12.8 Å². The Balaban J connectivity index is 4.11. The molecule has 45 heavy (non-hydrogen) atoms. The first-order valence-corrected chi connectivity index (χ1v) is 19.0. The topological polar surface area (TPSA) is 94.9 Å². The molecular weight excluding hydrogens is 562 g/mol. The van der Waals surface area contributed by atoms with Crippen LogP contribution in [0.5, 0.6) is 0 Å². The number of allylic oxidation sites excluding steroid dienone is 4. The van der Waals surface area contributed by atoms with Crippen LogP contribution in [0.1, 0.15) is 194 Å². The molecule has 0 bridgehead atoms. The Kier molecular flexibility index (Phi) is 32.0. The number of hydrogen-bond donors (Lipinski definition) is 2. The van der Waals surface area contributed by atoms with Crippen LogP contribution in [0, 0.1) is 0 Å². The van der Waals surface area contributed by atoms with Crippen LogP contribution in [0.4, 0.5) is 0 Å². The molecule has 2 amide bonds. The van der Waals surface area contributed by atoms with Crippen LogP contribution in [0.2, 0.25) is 0 Å². The van der Waals surface area contributed by atoms with Gasteiger partial charge in [-0.05, 0) is 64.2 Å². The predicted octanol–water partition coefficient (Wildman–Crippen LogP) is 10.9. The number of rotatable bonds is 33. The van der Waals surface area contributed by atoms with Crippen LogP contribution in [-0.4, -0.2) is 45.5 Å². The summed E-state index contributed by atoms with van der Waals surface area (Å²) in [5.74, 6) is -2.30. The number of hydrogen-bond acceptors (Lipinski definition) is 4. The lowest BCUT2D eigenvalue weighted by Crippen LogP contribution is -2.50. The summed E-state index contributed by atoms with van der Waals surface area (Å²) in [6, 6.07) is -1.50. The van der Waals surface area contributed by atoms with Gasteiger partial charge in [0.05, 0.1) is 6.61 Å². The highest BCUT2D eigenvalue weighted by molar-refractivity contribution is 5.99. The lowest BCUT2D eigenvalue weighted by Gasteiger charge is -2.26. The summed E-state index contributed by atoms with van der Waals surface area (Å²) in [6.07, 6.45) is 39.4. The minimum atomic E-state index is -1.50. The number of unbranched alkanes of at least 4 members (excludes halogenated alkanes) is 22. The summed E-state index contributed by atoms with van der Waals surface area (Å²) in [5.41, 5.74) is 0. The molecule has 0 aromatic carbocycles. The second-order valence-electron chi connectivity index (χ2n) is 12.9. The normalized spacial score (nSPS) is 12.3. The fourth-order valence-electron chi connectivity index (χ4n) is 5.69. The van der Waals surface area contributed by atoms with Crippen molar-refractivity contribution in [2.45, 2.75) is 200 Å². The minimum absolute atomic E-state index is 0.139. The van der Waals surface area contributed by atoms with Gasteiger partial charge in [-0.2, -0.15) is 0 Å². The largest absolute Gasteiger partial charge is 0.480 e. The number of nitrogens with zero attached hydrogens (tertiary/aromatic N) is 1. The van der Waals surface area contributed by atoms with Gasteiger partial charge in [-0.25, -0.2) is 4.79 Å². The van der Waals surface area contributed by atoms with Crippen molar-refractivity contribution in [2.24, 2.45) is 0 Å². The third kappa shape index (κ3) is 26.9. The Morgan fingerprint density at radius 1 is 0.489 bits per heavy atom. The Morgan fingerprint density at radius 3 is 1.07 bits per heavy atom. The standard InChI is InChI=1S/C39H71NO5/c1-3-5-7-9-11-13-15-17-19-21-23-25-27-29-31-33-37(42)40(36(35-41)39(44)45)38(43)34-32-30-28-26-24-22-20-18-16-14-12-10-8-6-4-2/h17-20,36,41H,3-16,21-35H2,1-2H3,(H,44,45)/b19-17-,20-18-. The van der Waals surface area contributed by atoms with Crippen molar-refractivity contribution in [3.63, 3.8) is 0 Å². The van der Waals surface area contributed by atoms with E-state index in [0.717, 1.165) is 69.1 Å². The highest BCUT2D eigenvalue weighted by atomic mass is 16.4. The van der Waals surface area contributed by atoms with E-state index in [4.69, 9.17) is 0 Å². The molecule has 0 aromatic rings. The number of carboxylic acids is 1. The minimum Gasteiger partial charge on any atom is -0.480 e. The molecule has 0 aliphatic rings. The first-order valence-electron chi connectivity index (χ1n) is 19.0. The van der Waals surface area contributed by atoms with E-state index in [1.165, 1.54) is 89.9 Å². The van der Waals surface area contributed by atoms with Gasteiger partial charge in [0, 0.05) is 12.8 Å². The Hall–Kier alpha value is -1.95. The molecule has 0 saturated carbocycles. The number of carboxylic acid groups (broad SMARTS) is 1. The van der Waals surface area contributed by atoms with Crippen molar-refractivity contribution in [1.82, 2.24) is 4.90 Å². The molecule has 0 rings (SSSR count). The third-order valence-electron chi connectivity index (χ3n) is 8.61. The van der Waals surface area contributed by atoms with E-state index < -0.39 is 30.4 Å². The number of carbonyl (C=O) groups is 3. The predicted molar refractivity (Wildman–Crippen MR) is 189 cm³/mol. The lowest BCUT2D eigenvalue weighted by molar-refractivity contribution is -0.160. The molecule has 0 aliphatic heterocycles. The lowest BCUT2D eigenvalue weighted by atomic mass is 10.1. The fraction of sp³-hybridized carbons (Fsp3) is 0.821. The molecule has 0 heterocycles. The maximum absolute atomic E-state index is 12.9. The second kappa shape index (κ2) is 33.4. The van der Waals surface area contributed by atoms with Crippen molar-refractivity contribution in [3.8, 4) is 0 Å². The molecule has 1 atom stereocenters. The molecule has 0 fully saturated rings. The molecule has 0 spiro atoms. The van der Waals surface area contributed by atoms with Crippen molar-refractivity contribution in [3.05, 3.63) is 24.3 Å². The fourth-order valence-corrected chi connectivity index (χ4v) is 5.69. The molecule has 0 saturated heterocycles. The molecular formula is C39H71NO5. The van der Waals surface area contributed by atoms with E-state index in [-0.39, 0.29) is 12.8 Å². The maximum atomic E-state index is 12.9. The van der Waals surface area contributed by atoms with Crippen LogP contribution in [0.25, 0.3) is 0 Å². The molecule has 6 heteroatoms. The molecule has 0 aliphatic carbocycles. The summed E-state index contributed by atoms with van der Waals surface area (Å²) in [4.78, 5) is 38.3. The number of aliphatic carboxylic acids is 1. The van der Waals surface area contributed by atoms with Gasteiger partial charge in [0.15, 0.2) is 6.04 Å².